The Bertz CT molecular complexity index is 911. The molecule has 130 valence electrons. The number of nitrogens with zero attached hydrogens (tertiary/aromatic N) is 3. The largest absolute Gasteiger partial charge is 0.399 e. The highest BCUT2D eigenvalue weighted by Crippen LogP contribution is 2.53. The molecule has 0 fully saturated rings. The summed E-state index contributed by atoms with van der Waals surface area (Å²) in [4.78, 5) is 1.25. The number of halogens is 1. The number of benzene rings is 1. The van der Waals surface area contributed by atoms with E-state index >= 15 is 0 Å². The van der Waals surface area contributed by atoms with Crippen LogP contribution in [0.25, 0.3) is 0 Å². The topological polar surface area (TPSA) is 102 Å². The van der Waals surface area contributed by atoms with Crippen LogP contribution in [0.1, 0.15) is 18.4 Å². The lowest BCUT2D eigenvalue weighted by Crippen LogP contribution is -3.13. The number of likely N-dealkylation sites (N-methyl/N-ethyl adjacent to an activating group) is 1. The summed E-state index contributed by atoms with van der Waals surface area (Å²) >= 11 is 0. The van der Waals surface area contributed by atoms with Crippen LogP contribution in [0, 0.1) is 51.1 Å². The monoisotopic (exact) mass is 348 g/mol. The molecule has 0 bridgehead atoms. The van der Waals surface area contributed by atoms with Gasteiger partial charge in [0.1, 0.15) is 11.9 Å². The first-order chi connectivity index (χ1) is 12.5. The smallest absolute Gasteiger partial charge is 0.191 e. The van der Waals surface area contributed by atoms with Crippen LogP contribution < -0.4 is 10.6 Å². The number of hydrogen-bond donors (Lipinski definition) is 2. The summed E-state index contributed by atoms with van der Waals surface area (Å²) < 4.78 is 14.7. The van der Waals surface area contributed by atoms with Gasteiger partial charge in [-0.1, -0.05) is 18.2 Å². The number of nitrogens with one attached hydrogen (secondary N) is 1. The molecule has 0 aromatic heterocycles. The second-order valence-electron chi connectivity index (χ2n) is 6.71. The van der Waals surface area contributed by atoms with E-state index in [-0.39, 0.29) is 17.2 Å². The zero-order valence-corrected chi connectivity index (χ0v) is 14.5. The van der Waals surface area contributed by atoms with Crippen LogP contribution in [0.4, 0.5) is 4.39 Å². The van der Waals surface area contributed by atoms with E-state index in [9.17, 15) is 20.2 Å². The van der Waals surface area contributed by atoms with E-state index in [1.165, 1.54) is 11.0 Å². The van der Waals surface area contributed by atoms with E-state index in [4.69, 9.17) is 5.73 Å². The molecule has 1 heterocycles. The van der Waals surface area contributed by atoms with E-state index in [2.05, 4.69) is 6.07 Å². The van der Waals surface area contributed by atoms with Gasteiger partial charge in [0.05, 0.1) is 43.0 Å². The Morgan fingerprint density at radius 1 is 1.27 bits per heavy atom. The van der Waals surface area contributed by atoms with Crippen LogP contribution in [0.15, 0.2) is 47.2 Å². The zero-order chi connectivity index (χ0) is 18.9. The quantitative estimate of drug-likeness (QED) is 0.837. The van der Waals surface area contributed by atoms with Crippen molar-refractivity contribution in [1.29, 1.82) is 15.8 Å². The maximum atomic E-state index is 14.7. The second-order valence-corrected chi connectivity index (χ2v) is 6.71. The van der Waals surface area contributed by atoms with Crippen LogP contribution in [0.2, 0.25) is 0 Å². The fraction of sp³-hybridized carbons (Fsp3) is 0.350. The van der Waals surface area contributed by atoms with E-state index in [1.54, 1.807) is 18.2 Å². The van der Waals surface area contributed by atoms with E-state index in [0.717, 1.165) is 18.7 Å². The van der Waals surface area contributed by atoms with Crippen molar-refractivity contribution in [2.75, 3.05) is 19.6 Å². The Morgan fingerprint density at radius 2 is 1.96 bits per heavy atom. The predicted octanol–water partition coefficient (Wildman–Crippen LogP) is 1.15. The van der Waals surface area contributed by atoms with Gasteiger partial charge in [0.2, 0.25) is 0 Å². The fourth-order valence-corrected chi connectivity index (χ4v) is 4.19. The molecular formula is C20H19FN5+. The average Bonchev–Trinajstić information content (AvgIpc) is 2.67. The van der Waals surface area contributed by atoms with Crippen molar-refractivity contribution in [2.45, 2.75) is 12.8 Å². The number of allylic oxidation sites excluding steroid dienone is 2. The normalized spacial score (nSPS) is 26.7. The summed E-state index contributed by atoms with van der Waals surface area (Å²) in [5.41, 5.74) is 5.57. The Morgan fingerprint density at radius 3 is 2.54 bits per heavy atom. The number of nitrogens with two attached hydrogens (primary N) is 1. The van der Waals surface area contributed by atoms with Crippen molar-refractivity contribution in [2.24, 2.45) is 17.1 Å². The first-order valence-corrected chi connectivity index (χ1v) is 8.55. The van der Waals surface area contributed by atoms with Gasteiger partial charge in [-0.15, -0.1) is 0 Å². The number of nitriles is 3. The Kier molecular flexibility index (Phi) is 4.51. The molecule has 0 radical (unpaired) electrons. The summed E-state index contributed by atoms with van der Waals surface area (Å²) in [6.07, 6.45) is 1.95. The van der Waals surface area contributed by atoms with Crippen molar-refractivity contribution in [3.8, 4) is 18.2 Å². The standard InChI is InChI=1S/C20H18FN5/c1-2-26-8-7-13-15(9-22)19(25)20(11-23,12-24)18(16(13)10-26)14-5-3-4-6-17(14)21/h3-7,16,18H,2,8,10,25H2,1H3/p+1. The Balaban J connectivity index is 2.34. The summed E-state index contributed by atoms with van der Waals surface area (Å²) in [6.45, 7) is 4.26. The molecule has 1 aromatic carbocycles. The zero-order valence-electron chi connectivity index (χ0n) is 14.5. The minimum absolute atomic E-state index is 0.0688. The van der Waals surface area contributed by atoms with Gasteiger partial charge < -0.3 is 10.6 Å². The molecule has 3 unspecified atom stereocenters. The summed E-state index contributed by atoms with van der Waals surface area (Å²) in [7, 11) is 0. The Labute approximate surface area is 152 Å². The summed E-state index contributed by atoms with van der Waals surface area (Å²) in [5, 5.41) is 29.5. The number of quaternary nitrogens is 1. The molecule has 3 N–H and O–H groups in total. The van der Waals surface area contributed by atoms with Gasteiger partial charge in [0.15, 0.2) is 5.41 Å². The molecule has 3 atom stereocenters. The molecule has 2 aliphatic rings. The predicted molar refractivity (Wildman–Crippen MR) is 92.4 cm³/mol. The summed E-state index contributed by atoms with van der Waals surface area (Å²) in [6, 6.07) is 12.3. The van der Waals surface area contributed by atoms with Gasteiger partial charge in [-0.05, 0) is 30.2 Å². The van der Waals surface area contributed by atoms with Gasteiger partial charge in [0.25, 0.3) is 0 Å². The molecule has 1 aromatic rings. The molecule has 1 aliphatic heterocycles. The van der Waals surface area contributed by atoms with Crippen molar-refractivity contribution in [3.05, 3.63) is 58.6 Å². The lowest BCUT2D eigenvalue weighted by molar-refractivity contribution is -0.897. The minimum Gasteiger partial charge on any atom is -0.399 e. The summed E-state index contributed by atoms with van der Waals surface area (Å²) in [5.74, 6) is -1.55. The van der Waals surface area contributed by atoms with Gasteiger partial charge in [-0.3, -0.25) is 0 Å². The molecule has 26 heavy (non-hydrogen) atoms. The highest BCUT2D eigenvalue weighted by molar-refractivity contribution is 5.59. The SMILES string of the molecule is CC[NH+]1CC=C2C(C#N)=C(N)C(C#N)(C#N)C(c3ccccc3F)C2C1. The third-order valence-electron chi connectivity index (χ3n) is 5.58. The molecule has 0 spiro atoms. The van der Waals surface area contributed by atoms with E-state index in [1.807, 2.05) is 25.1 Å². The number of hydrogen-bond acceptors (Lipinski definition) is 4. The average molecular weight is 348 g/mol. The van der Waals surface area contributed by atoms with Gasteiger partial charge in [-0.2, -0.15) is 15.8 Å². The van der Waals surface area contributed by atoms with Crippen LogP contribution >= 0.6 is 0 Å². The molecule has 5 nitrogen and oxygen atoms in total. The second kappa shape index (κ2) is 6.64. The van der Waals surface area contributed by atoms with E-state index < -0.39 is 17.2 Å². The fourth-order valence-electron chi connectivity index (χ4n) is 4.19. The molecule has 0 saturated heterocycles. The van der Waals surface area contributed by atoms with Crippen molar-refractivity contribution in [1.82, 2.24) is 0 Å². The molecule has 1 aliphatic carbocycles. The minimum atomic E-state index is -1.77. The number of fused-ring (bicyclic) bond motifs is 1. The third-order valence-corrected chi connectivity index (χ3v) is 5.58. The van der Waals surface area contributed by atoms with Gasteiger partial charge in [0, 0.05) is 11.8 Å². The van der Waals surface area contributed by atoms with E-state index in [0.29, 0.717) is 12.1 Å². The lowest BCUT2D eigenvalue weighted by atomic mass is 9.58. The first-order valence-electron chi connectivity index (χ1n) is 8.55. The maximum Gasteiger partial charge on any atom is 0.191 e. The Hall–Kier alpha value is -3.14. The molecular weight excluding hydrogens is 329 g/mol. The van der Waals surface area contributed by atoms with Gasteiger partial charge >= 0.3 is 0 Å². The van der Waals surface area contributed by atoms with Crippen LogP contribution in [0.5, 0.6) is 0 Å². The van der Waals surface area contributed by atoms with Crippen LogP contribution in [-0.2, 0) is 0 Å². The molecule has 0 amide bonds. The van der Waals surface area contributed by atoms with Gasteiger partial charge in [-0.25, -0.2) is 4.39 Å². The van der Waals surface area contributed by atoms with Crippen LogP contribution in [0.3, 0.4) is 0 Å². The van der Waals surface area contributed by atoms with Crippen LogP contribution in [-0.4, -0.2) is 19.6 Å². The molecule has 0 saturated carbocycles. The van der Waals surface area contributed by atoms with Crippen molar-refractivity contribution >= 4 is 0 Å². The lowest BCUT2D eigenvalue weighted by Gasteiger charge is -2.44. The first kappa shape index (κ1) is 17.7. The maximum absolute atomic E-state index is 14.7. The van der Waals surface area contributed by atoms with Crippen molar-refractivity contribution in [3.63, 3.8) is 0 Å². The molecule has 6 heteroatoms. The number of rotatable bonds is 2. The molecule has 3 rings (SSSR count). The third kappa shape index (κ3) is 2.37. The highest BCUT2D eigenvalue weighted by Gasteiger charge is 2.55. The highest BCUT2D eigenvalue weighted by atomic mass is 19.1. The van der Waals surface area contributed by atoms with Crippen molar-refractivity contribution < 1.29 is 9.29 Å².